The normalized spacial score (nSPS) is 17.4. The van der Waals surface area contributed by atoms with Crippen molar-refractivity contribution in [3.05, 3.63) is 77.4 Å². The van der Waals surface area contributed by atoms with Gasteiger partial charge in [-0.25, -0.2) is 14.4 Å². The Morgan fingerprint density at radius 3 is 3.07 bits per heavy atom. The van der Waals surface area contributed by atoms with Crippen LogP contribution in [0.2, 0.25) is 0 Å². The fraction of sp³-hybridized carbons (Fsp3) is 0.273. The second kappa shape index (κ2) is 8.55. The van der Waals surface area contributed by atoms with Crippen molar-refractivity contribution in [3.63, 3.8) is 0 Å². The van der Waals surface area contributed by atoms with E-state index in [1.54, 1.807) is 12.1 Å². The molecular formula is C22H23FN4O2. The van der Waals surface area contributed by atoms with Crippen molar-refractivity contribution in [1.82, 2.24) is 20.0 Å². The summed E-state index contributed by atoms with van der Waals surface area (Å²) in [7, 11) is 0. The molecule has 2 aromatic heterocycles. The van der Waals surface area contributed by atoms with Crippen LogP contribution in [-0.2, 0) is 11.2 Å². The van der Waals surface area contributed by atoms with Crippen molar-refractivity contribution >= 4 is 17.5 Å². The van der Waals surface area contributed by atoms with Gasteiger partial charge < -0.3 is 0 Å². The molecular weight excluding hydrogens is 371 g/mol. The summed E-state index contributed by atoms with van der Waals surface area (Å²) in [4.78, 5) is 13.4. The number of benzene rings is 1. The van der Waals surface area contributed by atoms with E-state index in [0.29, 0.717) is 11.1 Å². The number of hydrogen-bond donors (Lipinski definition) is 2. The number of nitrogens with one attached hydrogen (secondary N) is 1. The first-order chi connectivity index (χ1) is 14.2. The Bertz CT molecular complexity index is 1050. The highest BCUT2D eigenvalue weighted by Gasteiger charge is 2.28. The maximum absolute atomic E-state index is 14.8. The molecule has 1 aliphatic heterocycles. The highest BCUT2D eigenvalue weighted by atomic mass is 19.1. The van der Waals surface area contributed by atoms with Crippen LogP contribution in [0.15, 0.2) is 54.9 Å². The molecule has 6 nitrogen and oxygen atoms in total. The lowest BCUT2D eigenvalue weighted by Crippen LogP contribution is -2.26. The van der Waals surface area contributed by atoms with E-state index in [-0.39, 0.29) is 11.9 Å². The molecule has 7 heteroatoms. The third-order valence-electron chi connectivity index (χ3n) is 5.46. The largest absolute Gasteiger partial charge is 0.296 e. The van der Waals surface area contributed by atoms with Gasteiger partial charge >= 0.3 is 0 Å². The van der Waals surface area contributed by atoms with E-state index >= 15 is 0 Å². The number of carbonyl (C=O) groups excluding carboxylic acids is 1. The lowest BCUT2D eigenvalue weighted by molar-refractivity contribution is -0.124. The topological polar surface area (TPSA) is 69.9 Å². The number of rotatable bonds is 6. The lowest BCUT2D eigenvalue weighted by Gasteiger charge is -2.25. The Morgan fingerprint density at radius 2 is 2.24 bits per heavy atom. The molecule has 1 fully saturated rings. The maximum atomic E-state index is 14.8. The molecule has 4 rings (SSSR count). The Labute approximate surface area is 168 Å². The minimum Gasteiger partial charge on any atom is -0.296 e. The van der Waals surface area contributed by atoms with Crippen molar-refractivity contribution in [3.8, 4) is 0 Å². The van der Waals surface area contributed by atoms with E-state index in [9.17, 15) is 9.18 Å². The molecule has 1 unspecified atom stereocenters. The van der Waals surface area contributed by atoms with Crippen LogP contribution in [0.4, 0.5) is 4.39 Å². The van der Waals surface area contributed by atoms with Crippen LogP contribution in [0, 0.1) is 5.82 Å². The highest BCUT2D eigenvalue weighted by molar-refractivity contribution is 5.90. The summed E-state index contributed by atoms with van der Waals surface area (Å²) < 4.78 is 16.7. The standard InChI is InChI=1S/C22H23FN4O2/c23-19-14-16(7-9-22(28)25-29)6-8-18(19)21-5-3-11-26(21)13-10-17-15-24-27-12-2-1-4-20(17)27/h1-2,4,6-9,12,14-15,21,29H,3,5,10-11,13H2,(H,25,28)/b9-7+. The first-order valence-electron chi connectivity index (χ1n) is 9.72. The molecule has 1 amide bonds. The summed E-state index contributed by atoms with van der Waals surface area (Å²) in [6, 6.07) is 11.1. The Kier molecular flexibility index (Phi) is 5.69. The minimum atomic E-state index is -0.649. The predicted octanol–water partition coefficient (Wildman–Crippen LogP) is 3.37. The second-order valence-corrected chi connectivity index (χ2v) is 7.23. The molecule has 3 heterocycles. The van der Waals surface area contributed by atoms with Crippen LogP contribution in [-0.4, -0.2) is 38.7 Å². The van der Waals surface area contributed by atoms with Crippen molar-refractivity contribution < 1.29 is 14.4 Å². The molecule has 3 aromatic rings. The van der Waals surface area contributed by atoms with Gasteiger partial charge in [-0.3, -0.25) is 14.9 Å². The Morgan fingerprint density at radius 1 is 1.34 bits per heavy atom. The lowest BCUT2D eigenvalue weighted by atomic mass is 10.0. The van der Waals surface area contributed by atoms with Gasteiger partial charge in [0.15, 0.2) is 0 Å². The molecule has 1 aromatic carbocycles. The van der Waals surface area contributed by atoms with Crippen molar-refractivity contribution in [2.75, 3.05) is 13.1 Å². The average Bonchev–Trinajstić information content (AvgIpc) is 3.37. The van der Waals surface area contributed by atoms with Crippen LogP contribution in [0.1, 0.15) is 35.6 Å². The summed E-state index contributed by atoms with van der Waals surface area (Å²) in [6.07, 6.45) is 9.30. The molecule has 2 N–H and O–H groups in total. The number of hydrogen-bond acceptors (Lipinski definition) is 4. The third kappa shape index (κ3) is 4.21. The molecule has 1 aliphatic rings. The number of hydroxylamine groups is 1. The van der Waals surface area contributed by atoms with Crippen molar-refractivity contribution in [2.24, 2.45) is 0 Å². The van der Waals surface area contributed by atoms with E-state index in [0.717, 1.165) is 43.9 Å². The number of amides is 1. The minimum absolute atomic E-state index is 0.0515. The molecule has 150 valence electrons. The van der Waals surface area contributed by atoms with Gasteiger partial charge in [0.05, 0.1) is 11.7 Å². The molecule has 0 radical (unpaired) electrons. The molecule has 1 atom stereocenters. The molecule has 1 saturated heterocycles. The van der Waals surface area contributed by atoms with Crippen LogP contribution in [0.5, 0.6) is 0 Å². The van der Waals surface area contributed by atoms with Gasteiger partial charge in [-0.05, 0) is 61.2 Å². The van der Waals surface area contributed by atoms with Gasteiger partial charge in [0.1, 0.15) is 5.82 Å². The van der Waals surface area contributed by atoms with Crippen LogP contribution < -0.4 is 5.48 Å². The number of nitrogens with zero attached hydrogens (tertiary/aromatic N) is 3. The zero-order valence-corrected chi connectivity index (χ0v) is 16.0. The van der Waals surface area contributed by atoms with E-state index in [1.165, 1.54) is 23.2 Å². The van der Waals surface area contributed by atoms with Gasteiger partial charge in [-0.2, -0.15) is 5.10 Å². The number of fused-ring (bicyclic) bond motifs is 1. The van der Waals surface area contributed by atoms with E-state index < -0.39 is 5.91 Å². The monoisotopic (exact) mass is 394 g/mol. The van der Waals surface area contributed by atoms with Crippen LogP contribution >= 0.6 is 0 Å². The van der Waals surface area contributed by atoms with Gasteiger partial charge in [-0.1, -0.05) is 18.2 Å². The zero-order valence-electron chi connectivity index (χ0n) is 16.0. The van der Waals surface area contributed by atoms with E-state index in [2.05, 4.69) is 16.1 Å². The molecule has 0 spiro atoms. The van der Waals surface area contributed by atoms with Crippen LogP contribution in [0.3, 0.4) is 0 Å². The summed E-state index contributed by atoms with van der Waals surface area (Å²) in [5.41, 5.74) is 5.08. The van der Waals surface area contributed by atoms with E-state index in [4.69, 9.17) is 5.21 Å². The zero-order chi connectivity index (χ0) is 20.2. The second-order valence-electron chi connectivity index (χ2n) is 7.23. The van der Waals surface area contributed by atoms with Crippen molar-refractivity contribution in [1.29, 1.82) is 0 Å². The van der Waals surface area contributed by atoms with Gasteiger partial charge in [0, 0.05) is 30.4 Å². The number of likely N-dealkylation sites (tertiary alicyclic amines) is 1. The Hall–Kier alpha value is -3.03. The number of pyridine rings is 1. The summed E-state index contributed by atoms with van der Waals surface area (Å²) >= 11 is 0. The quantitative estimate of drug-likeness (QED) is 0.382. The van der Waals surface area contributed by atoms with Gasteiger partial charge in [0.25, 0.3) is 5.91 Å². The maximum Gasteiger partial charge on any atom is 0.267 e. The van der Waals surface area contributed by atoms with Gasteiger partial charge in [0.2, 0.25) is 0 Å². The first-order valence-corrected chi connectivity index (χ1v) is 9.72. The van der Waals surface area contributed by atoms with Gasteiger partial charge in [-0.15, -0.1) is 0 Å². The molecule has 0 aliphatic carbocycles. The Balaban J connectivity index is 1.46. The SMILES string of the molecule is O=C(/C=C/c1ccc(C2CCCN2CCc2cnn3ccccc23)c(F)c1)NO. The fourth-order valence-corrected chi connectivity index (χ4v) is 4.02. The number of halogens is 1. The third-order valence-corrected chi connectivity index (χ3v) is 5.46. The van der Waals surface area contributed by atoms with E-state index in [1.807, 2.05) is 29.0 Å². The van der Waals surface area contributed by atoms with Crippen molar-refractivity contribution in [2.45, 2.75) is 25.3 Å². The molecule has 29 heavy (non-hydrogen) atoms. The average molecular weight is 394 g/mol. The smallest absolute Gasteiger partial charge is 0.267 e. The summed E-state index contributed by atoms with van der Waals surface area (Å²) in [5.74, 6) is -0.923. The number of aromatic nitrogens is 2. The highest BCUT2D eigenvalue weighted by Crippen LogP contribution is 2.34. The predicted molar refractivity (Wildman–Crippen MR) is 108 cm³/mol. The summed E-state index contributed by atoms with van der Waals surface area (Å²) in [5, 5.41) is 12.9. The van der Waals surface area contributed by atoms with Crippen LogP contribution in [0.25, 0.3) is 11.6 Å². The number of carbonyl (C=O) groups is 1. The first kappa shape index (κ1) is 19.3. The fourth-order valence-electron chi connectivity index (χ4n) is 4.02. The molecule has 0 bridgehead atoms. The molecule has 0 saturated carbocycles. The summed E-state index contributed by atoms with van der Waals surface area (Å²) in [6.45, 7) is 1.79.